The average molecular weight is 435 g/mol. The molecule has 0 unspecified atom stereocenters. The Morgan fingerprint density at radius 3 is 2.72 bits per heavy atom. The molecule has 0 aliphatic carbocycles. The van der Waals surface area contributed by atoms with Crippen LogP contribution >= 0.6 is 28.3 Å². The van der Waals surface area contributed by atoms with E-state index in [1.54, 1.807) is 7.11 Å². The van der Waals surface area contributed by atoms with Crippen LogP contribution in [0.25, 0.3) is 0 Å². The molecular formula is C17H25BrClN3O3. The lowest BCUT2D eigenvalue weighted by Crippen LogP contribution is -2.42. The van der Waals surface area contributed by atoms with E-state index in [9.17, 15) is 4.79 Å². The highest BCUT2D eigenvalue weighted by Gasteiger charge is 2.44. The third-order valence-electron chi connectivity index (χ3n) is 4.55. The van der Waals surface area contributed by atoms with Crippen LogP contribution in [0.5, 0.6) is 5.75 Å². The number of pyridine rings is 1. The Labute approximate surface area is 163 Å². The Balaban J connectivity index is 0.00000225. The summed E-state index contributed by atoms with van der Waals surface area (Å²) in [4.78, 5) is 20.9. The molecule has 1 amide bonds. The zero-order chi connectivity index (χ0) is 17.5. The molecule has 2 fully saturated rings. The summed E-state index contributed by atoms with van der Waals surface area (Å²) in [5.41, 5.74) is 0.560. The number of methoxy groups -OCH3 is 1. The summed E-state index contributed by atoms with van der Waals surface area (Å²) in [5.74, 6) is 1.20. The number of rotatable bonds is 2. The third-order valence-corrected chi connectivity index (χ3v) is 5.15. The molecule has 0 bridgehead atoms. The second kappa shape index (κ2) is 7.58. The van der Waals surface area contributed by atoms with Gasteiger partial charge in [-0.1, -0.05) is 0 Å². The summed E-state index contributed by atoms with van der Waals surface area (Å²) in [5, 5.41) is 0. The minimum atomic E-state index is -0.462. The highest BCUT2D eigenvalue weighted by molar-refractivity contribution is 9.10. The van der Waals surface area contributed by atoms with Crippen LogP contribution in [0, 0.1) is 5.92 Å². The van der Waals surface area contributed by atoms with Crippen molar-refractivity contribution in [1.82, 2.24) is 9.88 Å². The van der Waals surface area contributed by atoms with Gasteiger partial charge in [0.15, 0.2) is 5.75 Å². The van der Waals surface area contributed by atoms with Gasteiger partial charge in [-0.2, -0.15) is 0 Å². The van der Waals surface area contributed by atoms with Crippen molar-refractivity contribution in [3.8, 4) is 5.75 Å². The first-order chi connectivity index (χ1) is 11.3. The fourth-order valence-electron chi connectivity index (χ4n) is 3.45. The predicted molar refractivity (Wildman–Crippen MR) is 103 cm³/mol. The molecule has 0 spiro atoms. The minimum Gasteiger partial charge on any atom is -0.494 e. The van der Waals surface area contributed by atoms with E-state index in [1.807, 2.05) is 37.9 Å². The molecule has 140 valence electrons. The van der Waals surface area contributed by atoms with Gasteiger partial charge in [0.1, 0.15) is 10.2 Å². The Bertz CT molecular complexity index is 638. The molecule has 0 N–H and O–H groups in total. The minimum absolute atomic E-state index is 0. The molecule has 25 heavy (non-hydrogen) atoms. The van der Waals surface area contributed by atoms with Crippen LogP contribution in [0.4, 0.5) is 10.5 Å². The van der Waals surface area contributed by atoms with Crippen molar-refractivity contribution in [2.24, 2.45) is 5.92 Å². The number of amides is 1. The summed E-state index contributed by atoms with van der Waals surface area (Å²) in [6, 6.07) is 2.19. The van der Waals surface area contributed by atoms with Crippen LogP contribution in [0.1, 0.15) is 27.2 Å². The van der Waals surface area contributed by atoms with Gasteiger partial charge >= 0.3 is 6.09 Å². The number of carbonyl (C=O) groups is 1. The van der Waals surface area contributed by atoms with Gasteiger partial charge < -0.3 is 19.3 Å². The summed E-state index contributed by atoms with van der Waals surface area (Å²) in [7, 11) is 1.63. The zero-order valence-electron chi connectivity index (χ0n) is 15.0. The molecule has 6 nitrogen and oxygen atoms in total. The monoisotopic (exact) mass is 433 g/mol. The van der Waals surface area contributed by atoms with Crippen LogP contribution in [0.2, 0.25) is 0 Å². The molecule has 0 aromatic carbocycles. The molecule has 8 heteroatoms. The number of carbonyl (C=O) groups excluding carboxylic acids is 1. The van der Waals surface area contributed by atoms with E-state index in [0.29, 0.717) is 16.3 Å². The summed E-state index contributed by atoms with van der Waals surface area (Å²) >= 11 is 3.38. The maximum Gasteiger partial charge on any atom is 0.410 e. The van der Waals surface area contributed by atoms with E-state index in [-0.39, 0.29) is 24.5 Å². The number of likely N-dealkylation sites (tertiary alicyclic amines) is 1. The molecule has 3 rings (SSSR count). The lowest BCUT2D eigenvalue weighted by atomic mass is 10.1. The number of ether oxygens (including phenoxy) is 2. The Hall–Kier alpha value is -1.21. The fourth-order valence-corrected chi connectivity index (χ4v) is 3.83. The van der Waals surface area contributed by atoms with Crippen molar-refractivity contribution in [2.75, 3.05) is 31.6 Å². The topological polar surface area (TPSA) is 54.9 Å². The number of halogens is 2. The van der Waals surface area contributed by atoms with E-state index < -0.39 is 5.60 Å². The normalized spacial score (nSPS) is 22.4. The molecule has 2 atom stereocenters. The molecule has 0 radical (unpaired) electrons. The molecule has 2 saturated heterocycles. The third kappa shape index (κ3) is 4.31. The van der Waals surface area contributed by atoms with Crippen molar-refractivity contribution < 1.29 is 14.3 Å². The van der Waals surface area contributed by atoms with Crippen LogP contribution in [0.3, 0.4) is 0 Å². The number of fused-ring (bicyclic) bond motifs is 1. The van der Waals surface area contributed by atoms with E-state index in [4.69, 9.17) is 9.47 Å². The summed E-state index contributed by atoms with van der Waals surface area (Å²) < 4.78 is 11.6. The largest absolute Gasteiger partial charge is 0.494 e. The van der Waals surface area contributed by atoms with E-state index in [0.717, 1.165) is 31.7 Å². The SMILES string of the molecule is COc1cc(N2C[C@H]3CCN(C(=O)OC(C)(C)C)[C@H]3C2)cnc1Br.Cl. The van der Waals surface area contributed by atoms with Gasteiger partial charge in [-0.3, -0.25) is 0 Å². The molecule has 2 aliphatic heterocycles. The molecule has 1 aromatic rings. The van der Waals surface area contributed by atoms with Gasteiger partial charge in [0.05, 0.1) is 25.0 Å². The van der Waals surface area contributed by atoms with Gasteiger partial charge in [0.2, 0.25) is 0 Å². The lowest BCUT2D eigenvalue weighted by molar-refractivity contribution is 0.0229. The summed E-state index contributed by atoms with van der Waals surface area (Å²) in [6.45, 7) is 8.21. The first-order valence-corrected chi connectivity index (χ1v) is 9.02. The van der Waals surface area contributed by atoms with Crippen molar-refractivity contribution in [2.45, 2.75) is 38.8 Å². The lowest BCUT2D eigenvalue weighted by Gasteiger charge is -2.29. The molecule has 3 heterocycles. The standard InChI is InChI=1S/C17H24BrN3O3.ClH/c1-17(2,3)24-16(22)21-6-5-11-9-20(10-13(11)21)12-7-14(23-4)15(18)19-8-12;/h7-8,11,13H,5-6,9-10H2,1-4H3;1H/t11-,13+;/m1./s1. The van der Waals surface area contributed by atoms with Gasteiger partial charge in [0.25, 0.3) is 0 Å². The zero-order valence-corrected chi connectivity index (χ0v) is 17.4. The highest BCUT2D eigenvalue weighted by atomic mass is 79.9. The smallest absolute Gasteiger partial charge is 0.410 e. The van der Waals surface area contributed by atoms with E-state index in [2.05, 4.69) is 25.8 Å². The van der Waals surface area contributed by atoms with Crippen LogP contribution in [-0.4, -0.2) is 54.4 Å². The number of nitrogens with zero attached hydrogens (tertiary/aromatic N) is 3. The number of anilines is 1. The van der Waals surface area contributed by atoms with Crippen molar-refractivity contribution in [3.05, 3.63) is 16.9 Å². The fraction of sp³-hybridized carbons (Fsp3) is 0.647. The molecular weight excluding hydrogens is 410 g/mol. The van der Waals surface area contributed by atoms with Crippen LogP contribution in [-0.2, 0) is 4.74 Å². The van der Waals surface area contributed by atoms with Crippen LogP contribution < -0.4 is 9.64 Å². The van der Waals surface area contributed by atoms with Gasteiger partial charge in [0, 0.05) is 31.6 Å². The van der Waals surface area contributed by atoms with E-state index >= 15 is 0 Å². The van der Waals surface area contributed by atoms with Gasteiger partial charge in [-0.25, -0.2) is 9.78 Å². The van der Waals surface area contributed by atoms with Crippen molar-refractivity contribution in [3.63, 3.8) is 0 Å². The van der Waals surface area contributed by atoms with E-state index in [1.165, 1.54) is 0 Å². The van der Waals surface area contributed by atoms with Gasteiger partial charge in [-0.05, 0) is 43.1 Å². The Kier molecular flexibility index (Phi) is 6.09. The number of hydrogen-bond donors (Lipinski definition) is 0. The molecule has 2 aliphatic rings. The summed E-state index contributed by atoms with van der Waals surface area (Å²) in [6.07, 6.45) is 2.65. The maximum absolute atomic E-state index is 12.4. The van der Waals surface area contributed by atoms with Crippen molar-refractivity contribution in [1.29, 1.82) is 0 Å². The van der Waals surface area contributed by atoms with Crippen molar-refractivity contribution >= 4 is 40.1 Å². The average Bonchev–Trinajstić information content (AvgIpc) is 3.05. The first kappa shape index (κ1) is 20.1. The Morgan fingerprint density at radius 2 is 2.08 bits per heavy atom. The second-order valence-corrected chi connectivity index (χ2v) is 8.13. The maximum atomic E-state index is 12.4. The highest BCUT2D eigenvalue weighted by Crippen LogP contribution is 2.36. The number of hydrogen-bond acceptors (Lipinski definition) is 5. The molecule has 0 saturated carbocycles. The van der Waals surface area contributed by atoms with Crippen LogP contribution in [0.15, 0.2) is 16.9 Å². The first-order valence-electron chi connectivity index (χ1n) is 8.22. The van der Waals surface area contributed by atoms with Gasteiger partial charge in [-0.15, -0.1) is 12.4 Å². The Morgan fingerprint density at radius 1 is 1.36 bits per heavy atom. The molecule has 1 aromatic heterocycles. The predicted octanol–water partition coefficient (Wildman–Crippen LogP) is 3.72. The second-order valence-electron chi connectivity index (χ2n) is 7.38. The quantitative estimate of drug-likeness (QED) is 0.664. The number of aromatic nitrogens is 1.